The van der Waals surface area contributed by atoms with E-state index in [1.165, 1.54) is 5.56 Å². The second-order valence-corrected chi connectivity index (χ2v) is 6.33. The molecule has 5 nitrogen and oxygen atoms in total. The van der Waals surface area contributed by atoms with Crippen molar-refractivity contribution >= 4 is 11.8 Å². The average Bonchev–Trinajstić information content (AvgIpc) is 3.06. The Hall–Kier alpha value is -1.88. The van der Waals surface area contributed by atoms with Crippen molar-refractivity contribution in [1.82, 2.24) is 15.5 Å². The van der Waals surface area contributed by atoms with Crippen LogP contribution in [0.25, 0.3) is 0 Å². The van der Waals surface area contributed by atoms with Crippen LogP contribution in [0.4, 0.5) is 0 Å². The normalized spacial score (nSPS) is 24.7. The third-order valence-corrected chi connectivity index (χ3v) is 4.78. The number of aryl methyl sites for hydroxylation is 1. The summed E-state index contributed by atoms with van der Waals surface area (Å²) in [7, 11) is 0. The maximum atomic E-state index is 12.2. The first kappa shape index (κ1) is 15.0. The van der Waals surface area contributed by atoms with Crippen molar-refractivity contribution in [3.05, 3.63) is 35.4 Å². The number of rotatable bonds is 4. The zero-order valence-corrected chi connectivity index (χ0v) is 13.0. The molecular weight excluding hydrogens is 278 g/mol. The molecule has 1 atom stereocenters. The van der Waals surface area contributed by atoms with Crippen LogP contribution in [0.3, 0.4) is 0 Å². The van der Waals surface area contributed by atoms with Crippen LogP contribution >= 0.6 is 0 Å². The van der Waals surface area contributed by atoms with Crippen molar-refractivity contribution in [2.75, 3.05) is 19.6 Å². The van der Waals surface area contributed by atoms with Crippen LogP contribution in [0.2, 0.25) is 0 Å². The standard InChI is InChI=1S/C17H23N3O2/c1-13-4-2-5-14(10-13)11-19-15(21)12-20-9-3-6-17(20)7-8-18-16(17)22/h2,4-5,10H,3,6-9,11-12H2,1H3,(H,18,22)(H,19,21)/t17-/m1/s1. The summed E-state index contributed by atoms with van der Waals surface area (Å²) in [5.74, 6) is 0.0824. The number of carbonyl (C=O) groups excluding carboxylic acids is 2. The van der Waals surface area contributed by atoms with Gasteiger partial charge in [0.2, 0.25) is 11.8 Å². The van der Waals surface area contributed by atoms with E-state index in [-0.39, 0.29) is 11.8 Å². The lowest BCUT2D eigenvalue weighted by Gasteiger charge is -2.31. The molecule has 118 valence electrons. The van der Waals surface area contributed by atoms with Gasteiger partial charge in [-0.3, -0.25) is 14.5 Å². The van der Waals surface area contributed by atoms with Crippen molar-refractivity contribution in [3.8, 4) is 0 Å². The van der Waals surface area contributed by atoms with Crippen LogP contribution in [-0.4, -0.2) is 41.9 Å². The Kier molecular flexibility index (Phi) is 4.16. The highest BCUT2D eigenvalue weighted by atomic mass is 16.2. The molecule has 0 saturated carbocycles. The smallest absolute Gasteiger partial charge is 0.240 e. The van der Waals surface area contributed by atoms with Gasteiger partial charge in [0.25, 0.3) is 0 Å². The number of hydrogen-bond acceptors (Lipinski definition) is 3. The van der Waals surface area contributed by atoms with Gasteiger partial charge in [0.1, 0.15) is 5.54 Å². The first-order valence-corrected chi connectivity index (χ1v) is 7.96. The van der Waals surface area contributed by atoms with Gasteiger partial charge in [-0.1, -0.05) is 29.8 Å². The van der Waals surface area contributed by atoms with E-state index in [1.54, 1.807) is 0 Å². The van der Waals surface area contributed by atoms with E-state index < -0.39 is 5.54 Å². The van der Waals surface area contributed by atoms with Crippen LogP contribution in [0, 0.1) is 6.92 Å². The SMILES string of the molecule is Cc1cccc(CNC(=O)CN2CCC[C@]23CCNC3=O)c1. The van der Waals surface area contributed by atoms with Crippen LogP contribution in [0.15, 0.2) is 24.3 Å². The summed E-state index contributed by atoms with van der Waals surface area (Å²) in [6.07, 6.45) is 2.67. The van der Waals surface area contributed by atoms with Gasteiger partial charge in [-0.05, 0) is 38.3 Å². The van der Waals surface area contributed by atoms with Gasteiger partial charge < -0.3 is 10.6 Å². The summed E-state index contributed by atoms with van der Waals surface area (Å²) in [4.78, 5) is 26.4. The number of nitrogens with zero attached hydrogens (tertiary/aromatic N) is 1. The Bertz CT molecular complexity index is 583. The molecule has 3 rings (SSSR count). The molecule has 1 aromatic rings. The van der Waals surface area contributed by atoms with E-state index in [1.807, 2.05) is 25.1 Å². The van der Waals surface area contributed by atoms with Crippen LogP contribution in [-0.2, 0) is 16.1 Å². The maximum Gasteiger partial charge on any atom is 0.240 e. The van der Waals surface area contributed by atoms with E-state index in [2.05, 4.69) is 21.6 Å². The Morgan fingerprint density at radius 1 is 1.41 bits per heavy atom. The molecule has 2 saturated heterocycles. The monoisotopic (exact) mass is 301 g/mol. The minimum Gasteiger partial charge on any atom is -0.354 e. The first-order valence-electron chi connectivity index (χ1n) is 7.96. The summed E-state index contributed by atoms with van der Waals surface area (Å²) in [6.45, 7) is 4.43. The second-order valence-electron chi connectivity index (χ2n) is 6.33. The highest BCUT2D eigenvalue weighted by Gasteiger charge is 2.50. The highest BCUT2D eigenvalue weighted by molar-refractivity contribution is 5.89. The van der Waals surface area contributed by atoms with Gasteiger partial charge in [-0.2, -0.15) is 0 Å². The largest absolute Gasteiger partial charge is 0.354 e. The molecule has 2 amide bonds. The van der Waals surface area contributed by atoms with E-state index >= 15 is 0 Å². The molecule has 0 bridgehead atoms. The summed E-state index contributed by atoms with van der Waals surface area (Å²) in [6, 6.07) is 8.12. The quantitative estimate of drug-likeness (QED) is 0.871. The molecule has 2 aliphatic heterocycles. The molecule has 2 heterocycles. The molecular formula is C17H23N3O2. The fourth-order valence-corrected chi connectivity index (χ4v) is 3.62. The molecule has 0 aliphatic carbocycles. The van der Waals surface area contributed by atoms with E-state index in [4.69, 9.17) is 0 Å². The number of hydrogen-bond donors (Lipinski definition) is 2. The highest BCUT2D eigenvalue weighted by Crippen LogP contribution is 2.34. The number of amides is 2. The van der Waals surface area contributed by atoms with Crippen LogP contribution in [0.5, 0.6) is 0 Å². The summed E-state index contributed by atoms with van der Waals surface area (Å²) >= 11 is 0. The fourth-order valence-electron chi connectivity index (χ4n) is 3.62. The van der Waals surface area contributed by atoms with Gasteiger partial charge in [-0.25, -0.2) is 0 Å². The Labute approximate surface area is 131 Å². The zero-order valence-electron chi connectivity index (χ0n) is 13.0. The van der Waals surface area contributed by atoms with Crippen molar-refractivity contribution in [2.24, 2.45) is 0 Å². The lowest BCUT2D eigenvalue weighted by atomic mass is 9.94. The lowest BCUT2D eigenvalue weighted by Crippen LogP contribution is -2.52. The van der Waals surface area contributed by atoms with Crippen LogP contribution < -0.4 is 10.6 Å². The van der Waals surface area contributed by atoms with Gasteiger partial charge >= 0.3 is 0 Å². The molecule has 1 spiro atoms. The number of benzene rings is 1. The Morgan fingerprint density at radius 3 is 3.00 bits per heavy atom. The van der Waals surface area contributed by atoms with Crippen molar-refractivity contribution in [3.63, 3.8) is 0 Å². The predicted octanol–water partition coefficient (Wildman–Crippen LogP) is 0.966. The van der Waals surface area contributed by atoms with Gasteiger partial charge in [-0.15, -0.1) is 0 Å². The average molecular weight is 301 g/mol. The van der Waals surface area contributed by atoms with Crippen molar-refractivity contribution in [2.45, 2.75) is 38.3 Å². The maximum absolute atomic E-state index is 12.2. The topological polar surface area (TPSA) is 61.4 Å². The van der Waals surface area contributed by atoms with Crippen molar-refractivity contribution in [1.29, 1.82) is 0 Å². The Balaban J connectivity index is 1.56. The minimum atomic E-state index is -0.430. The summed E-state index contributed by atoms with van der Waals surface area (Å²) in [5, 5.41) is 5.87. The molecule has 2 fully saturated rings. The Morgan fingerprint density at radius 2 is 2.27 bits per heavy atom. The lowest BCUT2D eigenvalue weighted by molar-refractivity contribution is -0.131. The van der Waals surface area contributed by atoms with Gasteiger partial charge in [0.05, 0.1) is 6.54 Å². The van der Waals surface area contributed by atoms with Gasteiger partial charge in [0, 0.05) is 13.1 Å². The molecule has 5 heteroatoms. The number of carbonyl (C=O) groups is 2. The molecule has 2 N–H and O–H groups in total. The summed E-state index contributed by atoms with van der Waals surface area (Å²) < 4.78 is 0. The van der Waals surface area contributed by atoms with Crippen molar-refractivity contribution < 1.29 is 9.59 Å². The molecule has 1 aromatic carbocycles. The van der Waals surface area contributed by atoms with E-state index in [9.17, 15) is 9.59 Å². The second kappa shape index (κ2) is 6.08. The molecule has 0 aromatic heterocycles. The third kappa shape index (κ3) is 2.86. The van der Waals surface area contributed by atoms with E-state index in [0.717, 1.165) is 37.9 Å². The fraction of sp³-hybridized carbons (Fsp3) is 0.529. The molecule has 0 radical (unpaired) electrons. The third-order valence-electron chi connectivity index (χ3n) is 4.78. The molecule has 22 heavy (non-hydrogen) atoms. The van der Waals surface area contributed by atoms with Gasteiger partial charge in [0.15, 0.2) is 0 Å². The molecule has 2 aliphatic rings. The minimum absolute atomic E-state index is 0.0116. The predicted molar refractivity (Wildman–Crippen MR) is 84.2 cm³/mol. The number of likely N-dealkylation sites (tertiary alicyclic amines) is 1. The first-order chi connectivity index (χ1) is 10.6. The molecule has 0 unspecified atom stereocenters. The zero-order chi connectivity index (χ0) is 15.6. The van der Waals surface area contributed by atoms with Crippen LogP contribution in [0.1, 0.15) is 30.4 Å². The number of nitrogens with one attached hydrogen (secondary N) is 2. The summed E-state index contributed by atoms with van der Waals surface area (Å²) in [5.41, 5.74) is 1.86. The van der Waals surface area contributed by atoms with E-state index in [0.29, 0.717) is 13.1 Å².